The number of hydrogen-bond donors (Lipinski definition) is 3. The Morgan fingerprint density at radius 2 is 2.04 bits per heavy atom. The monoisotopic (exact) mass is 405 g/mol. The molecule has 146 valence electrons. The molecule has 13 heteroatoms. The van der Waals surface area contributed by atoms with Crippen LogP contribution < -0.4 is 11.5 Å². The lowest BCUT2D eigenvalue weighted by Gasteiger charge is -2.23. The van der Waals surface area contributed by atoms with Crippen LogP contribution in [0.3, 0.4) is 0 Å². The highest BCUT2D eigenvalue weighted by Gasteiger charge is 2.39. The molecule has 5 N–H and O–H groups in total. The number of alkyl halides is 3. The second kappa shape index (κ2) is 7.84. The van der Waals surface area contributed by atoms with Crippen molar-refractivity contribution in [2.45, 2.75) is 18.8 Å². The zero-order valence-electron chi connectivity index (χ0n) is 13.5. The smallest absolute Gasteiger partial charge is 0.475 e. The molecule has 9 nitrogen and oxygen atoms in total. The molecule has 0 saturated carbocycles. The number of halogens is 3. The molecule has 1 aliphatic heterocycles. The Morgan fingerprint density at radius 3 is 2.52 bits per heavy atom. The highest BCUT2D eigenvalue weighted by molar-refractivity contribution is 7.19. The van der Waals surface area contributed by atoms with Gasteiger partial charge in [-0.2, -0.15) is 13.2 Å². The molecule has 3 rings (SSSR count). The van der Waals surface area contributed by atoms with Crippen molar-refractivity contribution in [2.24, 2.45) is 17.4 Å². The van der Waals surface area contributed by atoms with E-state index in [1.54, 1.807) is 6.20 Å². The number of carboxylic acids is 1. The number of aliphatic carboxylic acids is 1. The van der Waals surface area contributed by atoms with Gasteiger partial charge in [0.25, 0.3) is 0 Å². The molecule has 2 aromatic rings. The maximum atomic E-state index is 12.1. The van der Waals surface area contributed by atoms with Crippen LogP contribution in [0.1, 0.15) is 17.5 Å². The number of primary amides is 1. The Kier molecular flexibility index (Phi) is 5.95. The van der Waals surface area contributed by atoms with Crippen LogP contribution in [-0.2, 0) is 14.4 Å². The molecule has 2 atom stereocenters. The first kappa shape index (κ1) is 20.5. The van der Waals surface area contributed by atoms with Crippen LogP contribution in [0.15, 0.2) is 18.6 Å². The number of fused-ring (bicyclic) bond motifs is 1. The zero-order valence-corrected chi connectivity index (χ0v) is 14.3. The maximum Gasteiger partial charge on any atom is 0.490 e. The van der Waals surface area contributed by atoms with Gasteiger partial charge in [0.05, 0.1) is 10.2 Å². The summed E-state index contributed by atoms with van der Waals surface area (Å²) in [5.74, 6) is -4.40. The topological polar surface area (TPSA) is 152 Å². The molecule has 0 aliphatic carbocycles. The van der Waals surface area contributed by atoms with Gasteiger partial charge in [-0.25, -0.2) is 14.8 Å². The Bertz CT molecular complexity index is 839. The lowest BCUT2D eigenvalue weighted by molar-refractivity contribution is -0.192. The van der Waals surface area contributed by atoms with E-state index in [1.807, 2.05) is 6.07 Å². The van der Waals surface area contributed by atoms with E-state index in [4.69, 9.17) is 21.4 Å². The molecule has 0 aromatic carbocycles. The summed E-state index contributed by atoms with van der Waals surface area (Å²) < 4.78 is 32.6. The largest absolute Gasteiger partial charge is 0.490 e. The summed E-state index contributed by atoms with van der Waals surface area (Å²) in [6.45, 7) is 0.438. The Balaban J connectivity index is 0.000000321. The van der Waals surface area contributed by atoms with Crippen molar-refractivity contribution in [1.29, 1.82) is 0 Å². The molecule has 2 amide bonds. The fourth-order valence-electron chi connectivity index (χ4n) is 2.35. The van der Waals surface area contributed by atoms with Gasteiger partial charge in [0.1, 0.15) is 18.4 Å². The van der Waals surface area contributed by atoms with Crippen LogP contribution in [0.25, 0.3) is 10.2 Å². The van der Waals surface area contributed by atoms with Crippen molar-refractivity contribution >= 4 is 39.3 Å². The minimum Gasteiger partial charge on any atom is -0.475 e. The van der Waals surface area contributed by atoms with Crippen molar-refractivity contribution in [3.63, 3.8) is 0 Å². The number of hydrogen-bond acceptors (Lipinski definition) is 7. The van der Waals surface area contributed by atoms with Crippen molar-refractivity contribution in [3.05, 3.63) is 23.5 Å². The summed E-state index contributed by atoms with van der Waals surface area (Å²) in [6.07, 6.45) is -2.06. The molecular formula is C14H14F3N5O4S. The first-order valence-corrected chi connectivity index (χ1v) is 8.19. The van der Waals surface area contributed by atoms with Gasteiger partial charge in [0.15, 0.2) is 0 Å². The number of nitrogens with two attached hydrogens (primary N) is 2. The fraction of sp³-hybridized carbons (Fsp3) is 0.357. The van der Waals surface area contributed by atoms with Crippen LogP contribution in [0.2, 0.25) is 0 Å². The minimum atomic E-state index is -5.08. The van der Waals surface area contributed by atoms with E-state index in [-0.39, 0.29) is 5.91 Å². The lowest BCUT2D eigenvalue weighted by atomic mass is 10.1. The summed E-state index contributed by atoms with van der Waals surface area (Å²) in [5.41, 5.74) is 12.1. The molecule has 0 bridgehead atoms. The second-order valence-electron chi connectivity index (χ2n) is 5.44. The highest BCUT2D eigenvalue weighted by atomic mass is 32.1. The highest BCUT2D eigenvalue weighted by Crippen LogP contribution is 2.32. The van der Waals surface area contributed by atoms with Crippen molar-refractivity contribution < 1.29 is 32.7 Å². The average molecular weight is 405 g/mol. The van der Waals surface area contributed by atoms with Crippen LogP contribution >= 0.6 is 11.3 Å². The fourth-order valence-corrected chi connectivity index (χ4v) is 3.35. The number of likely N-dealkylation sites (tertiary alicyclic amines) is 1. The zero-order chi connectivity index (χ0) is 20.4. The summed E-state index contributed by atoms with van der Waals surface area (Å²) in [4.78, 5) is 42.6. The lowest BCUT2D eigenvalue weighted by Crippen LogP contribution is -2.38. The predicted octanol–water partition coefficient (Wildman–Crippen LogP) is 0.616. The van der Waals surface area contributed by atoms with Crippen LogP contribution in [-0.4, -0.2) is 50.5 Å². The van der Waals surface area contributed by atoms with Crippen molar-refractivity contribution in [2.75, 3.05) is 6.54 Å². The molecule has 0 spiro atoms. The normalized spacial score (nSPS) is 18.1. The molecule has 27 heavy (non-hydrogen) atoms. The van der Waals surface area contributed by atoms with Gasteiger partial charge in [-0.15, -0.1) is 11.3 Å². The number of nitrogens with zero attached hydrogens (tertiary/aromatic N) is 3. The molecular weight excluding hydrogens is 391 g/mol. The van der Waals surface area contributed by atoms with Gasteiger partial charge in [-0.05, 0) is 12.5 Å². The SMILES string of the molecule is NC(=O)C1CCN([C@H](N)c2cc3ncncc3s2)C1=O.O=C(O)C(F)(F)F. The number of carboxylic acid groups (broad SMARTS) is 1. The molecule has 1 fully saturated rings. The number of amides is 2. The maximum absolute atomic E-state index is 12.1. The molecule has 2 aromatic heterocycles. The number of thiophene rings is 1. The second-order valence-corrected chi connectivity index (χ2v) is 6.56. The van der Waals surface area contributed by atoms with E-state index < -0.39 is 30.1 Å². The van der Waals surface area contributed by atoms with Gasteiger partial charge < -0.3 is 21.5 Å². The number of aromatic nitrogens is 2. The van der Waals surface area contributed by atoms with Crippen molar-refractivity contribution in [3.8, 4) is 0 Å². The van der Waals surface area contributed by atoms with E-state index >= 15 is 0 Å². The summed E-state index contributed by atoms with van der Waals surface area (Å²) in [6, 6.07) is 1.84. The van der Waals surface area contributed by atoms with E-state index in [9.17, 15) is 22.8 Å². The van der Waals surface area contributed by atoms with Gasteiger partial charge in [-0.1, -0.05) is 0 Å². The number of rotatable bonds is 3. The summed E-state index contributed by atoms with van der Waals surface area (Å²) >= 11 is 1.44. The number of carbonyl (C=O) groups is 3. The quantitative estimate of drug-likeness (QED) is 0.633. The third-order valence-corrected chi connectivity index (χ3v) is 4.80. The number of carbonyl (C=O) groups excluding carboxylic acids is 2. The molecule has 0 radical (unpaired) electrons. The Labute approximate surface area is 153 Å². The van der Waals surface area contributed by atoms with E-state index in [1.165, 1.54) is 22.6 Å². The van der Waals surface area contributed by atoms with Gasteiger partial charge in [0.2, 0.25) is 11.8 Å². The van der Waals surface area contributed by atoms with Crippen LogP contribution in [0.4, 0.5) is 13.2 Å². The molecule has 1 saturated heterocycles. The van der Waals surface area contributed by atoms with Gasteiger partial charge in [-0.3, -0.25) is 9.59 Å². The Hall–Kier alpha value is -2.80. The first-order valence-electron chi connectivity index (χ1n) is 7.37. The minimum absolute atomic E-state index is 0.298. The standard InChI is InChI=1S/C12H13N5O2S.C2HF3O2/c13-10(17-2-1-6(11(14)18)12(17)19)8-3-7-9(20-8)4-15-5-16-7;3-2(4,5)1(6)7/h3-6,10H,1-2,13H2,(H2,14,18);(H,6,7)/t6?,10-;/m0./s1. The molecule has 1 aliphatic rings. The van der Waals surface area contributed by atoms with Crippen LogP contribution in [0, 0.1) is 5.92 Å². The van der Waals surface area contributed by atoms with Crippen molar-refractivity contribution in [1.82, 2.24) is 14.9 Å². The predicted molar refractivity (Wildman–Crippen MR) is 87.0 cm³/mol. The third-order valence-electron chi connectivity index (χ3n) is 3.67. The summed E-state index contributed by atoms with van der Waals surface area (Å²) in [7, 11) is 0. The average Bonchev–Trinajstić information content (AvgIpc) is 3.17. The van der Waals surface area contributed by atoms with E-state index in [0.29, 0.717) is 13.0 Å². The molecule has 1 unspecified atom stereocenters. The first-order chi connectivity index (χ1) is 12.5. The molecule has 3 heterocycles. The summed E-state index contributed by atoms with van der Waals surface area (Å²) in [5, 5.41) is 7.12. The third kappa shape index (κ3) is 4.68. The van der Waals surface area contributed by atoms with Gasteiger partial charge in [0, 0.05) is 17.6 Å². The Morgan fingerprint density at radius 1 is 1.41 bits per heavy atom. The van der Waals surface area contributed by atoms with E-state index in [2.05, 4.69) is 9.97 Å². The van der Waals surface area contributed by atoms with Gasteiger partial charge >= 0.3 is 12.1 Å². The van der Waals surface area contributed by atoms with E-state index in [0.717, 1.165) is 15.1 Å². The van der Waals surface area contributed by atoms with Crippen LogP contribution in [0.5, 0.6) is 0 Å².